The molecule has 1 heterocycles. The topological polar surface area (TPSA) is 129 Å². The fraction of sp³-hybridized carbons (Fsp3) is 0.185. The number of benzene rings is 3. The van der Waals surface area contributed by atoms with Crippen molar-refractivity contribution in [2.24, 2.45) is 5.10 Å². The van der Waals surface area contributed by atoms with Crippen molar-refractivity contribution in [3.8, 4) is 5.75 Å². The van der Waals surface area contributed by atoms with Crippen LogP contribution in [0.4, 0.5) is 11.4 Å². The van der Waals surface area contributed by atoms with Crippen molar-refractivity contribution in [1.82, 2.24) is 9.66 Å². The number of anilines is 1. The highest BCUT2D eigenvalue weighted by Crippen LogP contribution is 2.34. The number of carbonyl (C=O) groups excluding carboxylic acids is 1. The summed E-state index contributed by atoms with van der Waals surface area (Å²) in [4.78, 5) is 41.6. The van der Waals surface area contributed by atoms with Gasteiger partial charge in [0.15, 0.2) is 6.61 Å². The first-order valence-corrected chi connectivity index (χ1v) is 12.9. The van der Waals surface area contributed by atoms with Crippen LogP contribution >= 0.6 is 27.5 Å². The maximum atomic E-state index is 13.3. The predicted molar refractivity (Wildman–Crippen MR) is 154 cm³/mol. The summed E-state index contributed by atoms with van der Waals surface area (Å²) in [5.41, 5.74) is 1.33. The van der Waals surface area contributed by atoms with E-state index in [1.807, 2.05) is 32.9 Å². The third kappa shape index (κ3) is 6.50. The van der Waals surface area contributed by atoms with Gasteiger partial charge < -0.3 is 10.1 Å². The lowest BCUT2D eigenvalue weighted by atomic mass is 10.1. The maximum absolute atomic E-state index is 13.3. The molecule has 12 heteroatoms. The molecular formula is C27H23BrClN5O5. The predicted octanol–water partition coefficient (Wildman–Crippen LogP) is 6.05. The molecule has 4 rings (SSSR count). The van der Waals surface area contributed by atoms with Gasteiger partial charge in [-0.05, 0) is 43.3 Å². The number of ether oxygens (including phenoxy) is 1. The van der Waals surface area contributed by atoms with Crippen LogP contribution in [0.15, 0.2) is 69.0 Å². The van der Waals surface area contributed by atoms with Gasteiger partial charge in [-0.1, -0.05) is 59.1 Å². The number of nitro benzene ring substituents is 1. The molecule has 0 aliphatic heterocycles. The molecule has 3 aromatic carbocycles. The van der Waals surface area contributed by atoms with Crippen LogP contribution in [0.5, 0.6) is 5.75 Å². The molecule has 0 atom stereocenters. The third-order valence-corrected chi connectivity index (χ3v) is 6.32. The normalized spacial score (nSPS) is 11.3. The average molecular weight is 613 g/mol. The molecule has 0 unspecified atom stereocenters. The molecule has 0 bridgehead atoms. The zero-order valence-corrected chi connectivity index (χ0v) is 23.5. The first kappa shape index (κ1) is 27.9. The van der Waals surface area contributed by atoms with Crippen LogP contribution in [0, 0.1) is 17.0 Å². The maximum Gasteiger partial charge on any atom is 0.313 e. The van der Waals surface area contributed by atoms with Gasteiger partial charge in [0.1, 0.15) is 5.82 Å². The number of halogens is 2. The molecule has 200 valence electrons. The Morgan fingerprint density at radius 3 is 2.62 bits per heavy atom. The van der Waals surface area contributed by atoms with Crippen LogP contribution in [-0.2, 0) is 4.79 Å². The van der Waals surface area contributed by atoms with Gasteiger partial charge in [0.05, 0.1) is 22.0 Å². The number of rotatable bonds is 8. The van der Waals surface area contributed by atoms with Gasteiger partial charge in [-0.25, -0.2) is 4.98 Å². The lowest BCUT2D eigenvalue weighted by Crippen LogP contribution is -2.23. The smallest absolute Gasteiger partial charge is 0.313 e. The number of fused-ring (bicyclic) bond motifs is 1. The second-order valence-electron chi connectivity index (χ2n) is 8.95. The quantitative estimate of drug-likeness (QED) is 0.146. The summed E-state index contributed by atoms with van der Waals surface area (Å²) in [7, 11) is 0. The molecule has 1 aromatic heterocycles. The number of nitrogens with one attached hydrogen (secondary N) is 1. The van der Waals surface area contributed by atoms with Gasteiger partial charge >= 0.3 is 5.69 Å². The number of amides is 1. The highest BCUT2D eigenvalue weighted by molar-refractivity contribution is 9.10. The zero-order valence-electron chi connectivity index (χ0n) is 21.1. The molecule has 0 spiro atoms. The first-order chi connectivity index (χ1) is 18.5. The van der Waals surface area contributed by atoms with E-state index in [0.29, 0.717) is 26.9 Å². The molecule has 0 aliphatic rings. The molecule has 1 amide bonds. The summed E-state index contributed by atoms with van der Waals surface area (Å²) in [6, 6.07) is 14.8. The lowest BCUT2D eigenvalue weighted by molar-refractivity contribution is -0.385. The number of aryl methyl sites for hydroxylation is 1. The number of aromatic nitrogens is 2. The van der Waals surface area contributed by atoms with Crippen LogP contribution in [0.2, 0.25) is 5.02 Å². The highest BCUT2D eigenvalue weighted by Gasteiger charge is 2.22. The zero-order chi connectivity index (χ0) is 28.3. The van der Waals surface area contributed by atoms with Crippen LogP contribution in [0.1, 0.15) is 36.7 Å². The van der Waals surface area contributed by atoms with Gasteiger partial charge in [-0.15, -0.1) is 0 Å². The van der Waals surface area contributed by atoms with Gasteiger partial charge in [-0.2, -0.15) is 9.78 Å². The SMILES string of the molecule is Cc1ccc(NC(=O)COc2c(C=Nn3c(C(C)C)nc4ccc(Br)cc4c3=O)cc(Cl)cc2[N+](=O)[O-])cc1. The largest absolute Gasteiger partial charge is 0.476 e. The minimum Gasteiger partial charge on any atom is -0.476 e. The Morgan fingerprint density at radius 1 is 1.23 bits per heavy atom. The Kier molecular flexibility index (Phi) is 8.41. The van der Waals surface area contributed by atoms with Gasteiger partial charge in [-0.3, -0.25) is 19.7 Å². The number of nitro groups is 1. The standard InChI is InChI=1S/C27H23BrClN5O5/c1-15(2)26-32-22-9-6-18(28)11-21(22)27(36)33(26)30-13-17-10-19(29)12-23(34(37)38)25(17)39-14-24(35)31-20-7-4-16(3)5-8-20/h4-13,15H,14H2,1-3H3,(H,31,35). The van der Waals surface area contributed by atoms with Crippen molar-refractivity contribution < 1.29 is 14.5 Å². The molecule has 0 saturated carbocycles. The minimum atomic E-state index is -0.669. The Labute approximate surface area is 236 Å². The molecule has 0 fully saturated rings. The summed E-state index contributed by atoms with van der Waals surface area (Å²) in [6.07, 6.45) is 1.23. The Morgan fingerprint density at radius 2 is 1.95 bits per heavy atom. The average Bonchev–Trinajstić information content (AvgIpc) is 2.88. The first-order valence-electron chi connectivity index (χ1n) is 11.8. The van der Waals surface area contributed by atoms with E-state index >= 15 is 0 Å². The van der Waals surface area contributed by atoms with E-state index in [0.717, 1.165) is 16.3 Å². The summed E-state index contributed by atoms with van der Waals surface area (Å²) in [6.45, 7) is 5.14. The van der Waals surface area contributed by atoms with Crippen molar-refractivity contribution in [1.29, 1.82) is 0 Å². The Bertz CT molecular complexity index is 1670. The van der Waals surface area contributed by atoms with Crippen LogP contribution in [0.25, 0.3) is 10.9 Å². The van der Waals surface area contributed by atoms with E-state index in [1.165, 1.54) is 12.3 Å². The lowest BCUT2D eigenvalue weighted by Gasteiger charge is -2.13. The summed E-state index contributed by atoms with van der Waals surface area (Å²) < 4.78 is 7.45. The van der Waals surface area contributed by atoms with Crippen LogP contribution < -0.4 is 15.6 Å². The van der Waals surface area contributed by atoms with E-state index in [-0.39, 0.29) is 22.3 Å². The summed E-state index contributed by atoms with van der Waals surface area (Å²) in [5, 5.41) is 19.2. The fourth-order valence-corrected chi connectivity index (χ4v) is 4.31. The molecule has 10 nitrogen and oxygen atoms in total. The second kappa shape index (κ2) is 11.7. The van der Waals surface area contributed by atoms with Crippen molar-refractivity contribution in [3.05, 3.63) is 102 Å². The van der Waals surface area contributed by atoms with E-state index in [2.05, 4.69) is 31.3 Å². The molecule has 39 heavy (non-hydrogen) atoms. The van der Waals surface area contributed by atoms with Gasteiger partial charge in [0.25, 0.3) is 11.5 Å². The van der Waals surface area contributed by atoms with Gasteiger partial charge in [0.2, 0.25) is 5.75 Å². The van der Waals surface area contributed by atoms with E-state index in [4.69, 9.17) is 16.3 Å². The summed E-state index contributed by atoms with van der Waals surface area (Å²) in [5.74, 6) is -0.517. The molecular weight excluding hydrogens is 590 g/mol. The number of hydrogen-bond donors (Lipinski definition) is 1. The number of carbonyl (C=O) groups is 1. The van der Waals surface area contributed by atoms with Crippen molar-refractivity contribution >= 4 is 61.9 Å². The van der Waals surface area contributed by atoms with E-state index in [9.17, 15) is 19.7 Å². The molecule has 0 saturated heterocycles. The van der Waals surface area contributed by atoms with Crippen LogP contribution in [0.3, 0.4) is 0 Å². The third-order valence-electron chi connectivity index (χ3n) is 5.60. The van der Waals surface area contributed by atoms with Gasteiger partial charge in [0, 0.05) is 32.7 Å². The number of nitrogens with zero attached hydrogens (tertiary/aromatic N) is 4. The minimum absolute atomic E-state index is 0.0524. The Hall–Kier alpha value is -4.09. The highest BCUT2D eigenvalue weighted by atomic mass is 79.9. The summed E-state index contributed by atoms with van der Waals surface area (Å²) >= 11 is 9.52. The van der Waals surface area contributed by atoms with Crippen LogP contribution in [-0.4, -0.2) is 33.3 Å². The van der Waals surface area contributed by atoms with Crippen molar-refractivity contribution in [2.75, 3.05) is 11.9 Å². The second-order valence-corrected chi connectivity index (χ2v) is 10.3. The molecule has 4 aromatic rings. The van der Waals surface area contributed by atoms with Crippen molar-refractivity contribution in [2.45, 2.75) is 26.7 Å². The Balaban J connectivity index is 1.72. The molecule has 1 N–H and O–H groups in total. The van der Waals surface area contributed by atoms with Crippen molar-refractivity contribution in [3.63, 3.8) is 0 Å². The molecule has 0 radical (unpaired) electrons. The molecule has 0 aliphatic carbocycles. The number of hydrogen-bond acceptors (Lipinski definition) is 7. The van der Waals surface area contributed by atoms with E-state index in [1.54, 1.807) is 30.3 Å². The van der Waals surface area contributed by atoms with E-state index < -0.39 is 28.7 Å². The fourth-order valence-electron chi connectivity index (χ4n) is 3.73. The monoisotopic (exact) mass is 611 g/mol.